The molecule has 278 valence electrons. The van der Waals surface area contributed by atoms with Crippen LogP contribution in [0.1, 0.15) is 57.4 Å². The molecule has 0 amide bonds. The summed E-state index contributed by atoms with van der Waals surface area (Å²) in [5.74, 6) is 0.193. The first-order chi connectivity index (χ1) is 23.8. The lowest BCUT2D eigenvalue weighted by molar-refractivity contribution is 0.0338. The lowest BCUT2D eigenvalue weighted by Crippen LogP contribution is -2.74. The van der Waals surface area contributed by atoms with E-state index in [1.54, 1.807) is 31.1 Å². The van der Waals surface area contributed by atoms with Crippen LogP contribution in [0.25, 0.3) is 0 Å². The summed E-state index contributed by atoms with van der Waals surface area (Å²) in [5, 5.41) is 0. The molecule has 0 bridgehead atoms. The molecule has 4 fully saturated rings. The highest BCUT2D eigenvalue weighted by atomic mass is 32.2. The van der Waals surface area contributed by atoms with E-state index in [0.29, 0.717) is 32.1 Å². The van der Waals surface area contributed by atoms with Crippen molar-refractivity contribution in [2.45, 2.75) is 63.7 Å². The first kappa shape index (κ1) is 37.5. The van der Waals surface area contributed by atoms with Gasteiger partial charge in [-0.05, 0) is 106 Å². The van der Waals surface area contributed by atoms with Crippen LogP contribution in [0.5, 0.6) is 0 Å². The van der Waals surface area contributed by atoms with Gasteiger partial charge in [0.2, 0.25) is 10.0 Å². The molecule has 0 N–H and O–H groups in total. The van der Waals surface area contributed by atoms with Crippen molar-refractivity contribution < 1.29 is 21.2 Å². The third-order valence-corrected chi connectivity index (χ3v) is 15.0. The predicted molar refractivity (Wildman–Crippen MR) is 199 cm³/mol. The van der Waals surface area contributed by atoms with E-state index in [4.69, 9.17) is 0 Å². The van der Waals surface area contributed by atoms with Crippen molar-refractivity contribution in [2.75, 3.05) is 95.9 Å². The van der Waals surface area contributed by atoms with Crippen LogP contribution in [0.4, 0.5) is 15.8 Å². The molecule has 6 rings (SSSR count). The highest BCUT2D eigenvalue weighted by molar-refractivity contribution is 7.89. The number of sulfonamides is 1. The summed E-state index contributed by atoms with van der Waals surface area (Å²) in [6, 6.07) is 11.8. The van der Waals surface area contributed by atoms with Gasteiger partial charge in [0, 0.05) is 89.8 Å². The second-order valence-corrected chi connectivity index (χ2v) is 19.7. The first-order valence-electron chi connectivity index (χ1n) is 18.5. The number of aryl methyl sites for hydroxylation is 1. The number of hydrogen-bond donors (Lipinski definition) is 0. The van der Waals surface area contributed by atoms with E-state index >= 15 is 0 Å². The summed E-state index contributed by atoms with van der Waals surface area (Å²) in [4.78, 5) is 6.88. The monoisotopic (exact) mass is 732 g/mol. The molecule has 3 heterocycles. The van der Waals surface area contributed by atoms with E-state index in [1.165, 1.54) is 38.2 Å². The third kappa shape index (κ3) is 8.33. The standard InChI is InChI=1S/C37H57FN6O4S2/c1-30-23-42(49(45,46)35-15-13-34(14-16-35)39(3)4)20-8-18-40(25-32-10-6-5-7-11-32)19-9-21-43(24-30)50(47,48)44-28-37(29-44)26-41(27-37)36-17-12-33(38)22-31(36)2/h12-17,22,30,32H,5-11,18-21,23-29H2,1-4H3/t30-/m0/s1. The van der Waals surface area contributed by atoms with Crippen LogP contribution < -0.4 is 9.80 Å². The maximum Gasteiger partial charge on any atom is 0.282 e. The summed E-state index contributed by atoms with van der Waals surface area (Å²) in [6.45, 7) is 10.2. The van der Waals surface area contributed by atoms with E-state index in [9.17, 15) is 21.2 Å². The molecule has 13 heteroatoms. The van der Waals surface area contributed by atoms with Crippen LogP contribution in [0.2, 0.25) is 0 Å². The van der Waals surface area contributed by atoms with Crippen LogP contribution in [-0.4, -0.2) is 121 Å². The Morgan fingerprint density at radius 2 is 1.40 bits per heavy atom. The van der Waals surface area contributed by atoms with Crippen LogP contribution in [0.3, 0.4) is 0 Å². The van der Waals surface area contributed by atoms with Gasteiger partial charge in [-0.3, -0.25) is 0 Å². The zero-order chi connectivity index (χ0) is 35.7. The normalized spacial score (nSPS) is 24.3. The molecule has 1 saturated carbocycles. The highest BCUT2D eigenvalue weighted by Gasteiger charge is 2.56. The van der Waals surface area contributed by atoms with Gasteiger partial charge in [0.15, 0.2) is 0 Å². The molecule has 50 heavy (non-hydrogen) atoms. The highest BCUT2D eigenvalue weighted by Crippen LogP contribution is 2.44. The second kappa shape index (κ2) is 15.4. The minimum absolute atomic E-state index is 0.0875. The Labute approximate surface area is 300 Å². The molecule has 10 nitrogen and oxygen atoms in total. The largest absolute Gasteiger partial charge is 0.378 e. The van der Waals surface area contributed by atoms with Gasteiger partial charge in [0.05, 0.1) is 4.90 Å². The molecule has 1 aliphatic carbocycles. The number of halogens is 1. The fourth-order valence-electron chi connectivity index (χ4n) is 8.54. The van der Waals surface area contributed by atoms with Crippen LogP contribution in [-0.2, 0) is 20.2 Å². The average Bonchev–Trinajstić information content (AvgIpc) is 3.03. The van der Waals surface area contributed by atoms with Gasteiger partial charge in [0.1, 0.15) is 5.82 Å². The molecule has 1 spiro atoms. The molecule has 2 aromatic carbocycles. The lowest BCUT2D eigenvalue weighted by atomic mass is 9.74. The van der Waals surface area contributed by atoms with Gasteiger partial charge in [-0.2, -0.15) is 21.3 Å². The molecule has 4 aliphatic rings. The maximum absolute atomic E-state index is 14.2. The molecule has 2 aromatic rings. The van der Waals surface area contributed by atoms with E-state index in [2.05, 4.69) is 9.80 Å². The van der Waals surface area contributed by atoms with E-state index in [1.807, 2.05) is 51.0 Å². The number of hydrogen-bond acceptors (Lipinski definition) is 7. The summed E-state index contributed by atoms with van der Waals surface area (Å²) in [7, 11) is -3.68. The van der Waals surface area contributed by atoms with Crippen LogP contribution >= 0.6 is 0 Å². The number of nitrogens with zero attached hydrogens (tertiary/aromatic N) is 6. The topological polar surface area (TPSA) is 87.7 Å². The molecule has 3 saturated heterocycles. The Morgan fingerprint density at radius 1 is 0.780 bits per heavy atom. The van der Waals surface area contributed by atoms with Crippen molar-refractivity contribution in [1.29, 1.82) is 0 Å². The molecule has 0 aromatic heterocycles. The number of anilines is 2. The van der Waals surface area contributed by atoms with E-state index < -0.39 is 20.2 Å². The summed E-state index contributed by atoms with van der Waals surface area (Å²) in [5.41, 5.74) is 2.73. The molecule has 3 aliphatic heterocycles. The SMILES string of the molecule is Cc1cc(F)ccc1N1CC2(C1)CN(S(=O)(=O)N1CCCN(CC3CCCCC3)CCCN(S(=O)(=O)c3ccc(N(C)C)cc3)C[C@H](C)C1)C2. The second-order valence-electron chi connectivity index (χ2n) is 15.8. The minimum Gasteiger partial charge on any atom is -0.378 e. The molecule has 1 atom stereocenters. The Hall–Kier alpha value is -2.29. The average molecular weight is 733 g/mol. The molecular weight excluding hydrogens is 676 g/mol. The van der Waals surface area contributed by atoms with Crippen LogP contribution in [0.15, 0.2) is 47.4 Å². The van der Waals surface area contributed by atoms with Gasteiger partial charge in [-0.1, -0.05) is 26.2 Å². The Kier molecular flexibility index (Phi) is 11.5. The van der Waals surface area contributed by atoms with E-state index in [-0.39, 0.29) is 35.1 Å². The number of benzene rings is 2. The number of rotatable bonds is 8. The zero-order valence-electron chi connectivity index (χ0n) is 30.4. The van der Waals surface area contributed by atoms with Crippen molar-refractivity contribution >= 4 is 31.6 Å². The van der Waals surface area contributed by atoms with Gasteiger partial charge in [-0.15, -0.1) is 0 Å². The Morgan fingerprint density at radius 3 is 2.02 bits per heavy atom. The minimum atomic E-state index is -3.79. The van der Waals surface area contributed by atoms with Crippen molar-refractivity contribution in [3.05, 3.63) is 53.8 Å². The van der Waals surface area contributed by atoms with Gasteiger partial charge < -0.3 is 14.7 Å². The smallest absolute Gasteiger partial charge is 0.282 e. The van der Waals surface area contributed by atoms with Crippen LogP contribution in [0, 0.1) is 30.0 Å². The maximum atomic E-state index is 14.2. The fraction of sp³-hybridized carbons (Fsp3) is 0.676. The Bertz CT molecular complexity index is 1670. The van der Waals surface area contributed by atoms with Crippen molar-refractivity contribution in [3.63, 3.8) is 0 Å². The van der Waals surface area contributed by atoms with Gasteiger partial charge in [0.25, 0.3) is 10.2 Å². The fourth-order valence-corrected chi connectivity index (χ4v) is 12.1. The van der Waals surface area contributed by atoms with Crippen molar-refractivity contribution in [2.24, 2.45) is 17.3 Å². The first-order valence-corrected chi connectivity index (χ1v) is 21.4. The molecule has 0 radical (unpaired) electrons. The summed E-state index contributed by atoms with van der Waals surface area (Å²) < 4.78 is 75.1. The van der Waals surface area contributed by atoms with E-state index in [0.717, 1.165) is 62.5 Å². The van der Waals surface area contributed by atoms with Crippen molar-refractivity contribution in [3.8, 4) is 0 Å². The third-order valence-electron chi connectivity index (χ3n) is 11.3. The Balaban J connectivity index is 1.17. The summed E-state index contributed by atoms with van der Waals surface area (Å²) >= 11 is 0. The summed E-state index contributed by atoms with van der Waals surface area (Å²) in [6.07, 6.45) is 7.76. The quantitative estimate of drug-likeness (QED) is 0.383. The van der Waals surface area contributed by atoms with Gasteiger partial charge in [-0.25, -0.2) is 12.8 Å². The van der Waals surface area contributed by atoms with Gasteiger partial charge >= 0.3 is 0 Å². The lowest BCUT2D eigenvalue weighted by Gasteiger charge is -2.60. The molecule has 0 unspecified atom stereocenters. The zero-order valence-corrected chi connectivity index (χ0v) is 32.1. The van der Waals surface area contributed by atoms with Crippen molar-refractivity contribution in [1.82, 2.24) is 17.8 Å². The predicted octanol–water partition coefficient (Wildman–Crippen LogP) is 4.87. The molecular formula is C37H57FN6O4S2.